The second kappa shape index (κ2) is 9.92. The van der Waals surface area contributed by atoms with Gasteiger partial charge in [0.25, 0.3) is 5.91 Å². The van der Waals surface area contributed by atoms with E-state index in [2.05, 4.69) is 12.2 Å². The normalized spacial score (nSPS) is 23.0. The first-order chi connectivity index (χ1) is 14.3. The zero-order valence-corrected chi connectivity index (χ0v) is 18.7. The minimum atomic E-state index is -3.65. The third-order valence-corrected chi connectivity index (χ3v) is 8.07. The van der Waals surface area contributed by atoms with Gasteiger partial charge in [0.2, 0.25) is 10.0 Å². The Morgan fingerprint density at radius 3 is 2.50 bits per heavy atom. The summed E-state index contributed by atoms with van der Waals surface area (Å²) >= 11 is 0. The predicted octanol–water partition coefficient (Wildman–Crippen LogP) is 3.02. The molecule has 7 nitrogen and oxygen atoms in total. The van der Waals surface area contributed by atoms with Gasteiger partial charge in [-0.05, 0) is 56.2 Å². The first-order valence-electron chi connectivity index (χ1n) is 10.9. The van der Waals surface area contributed by atoms with Gasteiger partial charge in [-0.25, -0.2) is 13.2 Å². The molecule has 2 fully saturated rings. The molecule has 0 bridgehead atoms. The molecule has 1 aliphatic carbocycles. The molecule has 30 heavy (non-hydrogen) atoms. The van der Waals surface area contributed by atoms with Crippen LogP contribution in [-0.2, 0) is 19.6 Å². The maximum Gasteiger partial charge on any atom is 0.338 e. The van der Waals surface area contributed by atoms with Gasteiger partial charge in [-0.2, -0.15) is 4.31 Å². The number of nitrogens with one attached hydrogen (secondary N) is 1. The largest absolute Gasteiger partial charge is 0.452 e. The van der Waals surface area contributed by atoms with Gasteiger partial charge in [-0.3, -0.25) is 4.79 Å². The molecule has 1 N–H and O–H groups in total. The molecule has 2 aliphatic rings. The van der Waals surface area contributed by atoms with Crippen LogP contribution in [0.1, 0.15) is 67.8 Å². The number of rotatable bonds is 6. The average molecular weight is 437 g/mol. The van der Waals surface area contributed by atoms with Crippen molar-refractivity contribution >= 4 is 21.9 Å². The van der Waals surface area contributed by atoms with Gasteiger partial charge in [-0.15, -0.1) is 0 Å². The van der Waals surface area contributed by atoms with Gasteiger partial charge < -0.3 is 10.1 Å². The predicted molar refractivity (Wildman–Crippen MR) is 114 cm³/mol. The molecule has 1 heterocycles. The van der Waals surface area contributed by atoms with Crippen LogP contribution in [0.2, 0.25) is 0 Å². The number of hydrogen-bond donors (Lipinski definition) is 1. The average Bonchev–Trinajstić information content (AvgIpc) is 2.74. The highest BCUT2D eigenvalue weighted by Gasteiger charge is 2.28. The first kappa shape index (κ1) is 22.7. The molecule has 1 amide bonds. The summed E-state index contributed by atoms with van der Waals surface area (Å²) < 4.78 is 32.5. The van der Waals surface area contributed by atoms with E-state index in [9.17, 15) is 18.0 Å². The number of esters is 1. The Hall–Kier alpha value is -1.93. The standard InChI is InChI=1S/C22H32N2O5S/c1-16-10-11-18(30(27,28)24-12-6-3-7-13-24)14-19(16)22(26)29-15-21(25)23-20-9-5-4-8-17(20)2/h10-11,14,17,20H,3-9,12-13,15H2,1-2H3,(H,23,25)/t17-,20-/m1/s1. The van der Waals surface area contributed by atoms with Gasteiger partial charge in [0.05, 0.1) is 10.5 Å². The number of aryl methyl sites for hydroxylation is 1. The second-order valence-corrected chi connectivity index (χ2v) is 10.4. The van der Waals surface area contributed by atoms with E-state index in [1.54, 1.807) is 13.0 Å². The van der Waals surface area contributed by atoms with Crippen molar-refractivity contribution in [3.63, 3.8) is 0 Å². The highest BCUT2D eigenvalue weighted by atomic mass is 32.2. The summed E-state index contributed by atoms with van der Waals surface area (Å²) in [6.45, 7) is 4.46. The number of amides is 1. The minimum Gasteiger partial charge on any atom is -0.452 e. The summed E-state index contributed by atoms with van der Waals surface area (Å²) in [6, 6.07) is 4.61. The molecule has 0 radical (unpaired) electrons. The molecule has 8 heteroatoms. The lowest BCUT2D eigenvalue weighted by Crippen LogP contribution is -2.42. The Labute approximate surface area is 179 Å². The van der Waals surface area contributed by atoms with E-state index in [0.717, 1.165) is 38.5 Å². The summed E-state index contributed by atoms with van der Waals surface area (Å²) in [5.74, 6) is -0.593. The molecule has 1 saturated carbocycles. The summed E-state index contributed by atoms with van der Waals surface area (Å²) in [7, 11) is -3.65. The molecule has 3 rings (SSSR count). The fraction of sp³-hybridized carbons (Fsp3) is 0.636. The number of carbonyl (C=O) groups excluding carboxylic acids is 2. The van der Waals surface area contributed by atoms with Crippen LogP contribution in [0.3, 0.4) is 0 Å². The van der Waals surface area contributed by atoms with Gasteiger partial charge in [0, 0.05) is 19.1 Å². The quantitative estimate of drug-likeness (QED) is 0.692. The van der Waals surface area contributed by atoms with Crippen molar-refractivity contribution in [1.29, 1.82) is 0 Å². The van der Waals surface area contributed by atoms with Crippen molar-refractivity contribution in [2.24, 2.45) is 5.92 Å². The molecule has 0 spiro atoms. The number of carbonyl (C=O) groups is 2. The van der Waals surface area contributed by atoms with E-state index in [1.165, 1.54) is 22.9 Å². The zero-order chi connectivity index (χ0) is 21.7. The fourth-order valence-electron chi connectivity index (χ4n) is 4.22. The van der Waals surface area contributed by atoms with Crippen molar-refractivity contribution in [2.45, 2.75) is 69.7 Å². The summed E-state index contributed by atoms with van der Waals surface area (Å²) in [4.78, 5) is 24.9. The topological polar surface area (TPSA) is 92.8 Å². The molecule has 0 aromatic heterocycles. The van der Waals surface area contributed by atoms with E-state index in [-0.39, 0.29) is 29.0 Å². The van der Waals surface area contributed by atoms with Crippen molar-refractivity contribution in [2.75, 3.05) is 19.7 Å². The van der Waals surface area contributed by atoms with Gasteiger partial charge in [-0.1, -0.05) is 32.3 Å². The van der Waals surface area contributed by atoms with Crippen LogP contribution in [0.15, 0.2) is 23.1 Å². The summed E-state index contributed by atoms with van der Waals surface area (Å²) in [5.41, 5.74) is 0.783. The molecular weight excluding hydrogens is 404 g/mol. The monoisotopic (exact) mass is 436 g/mol. The van der Waals surface area contributed by atoms with Crippen molar-refractivity contribution in [1.82, 2.24) is 9.62 Å². The molecule has 0 unspecified atom stereocenters. The lowest BCUT2D eigenvalue weighted by molar-refractivity contribution is -0.125. The van der Waals surface area contributed by atoms with Gasteiger partial charge in [0.15, 0.2) is 6.61 Å². The lowest BCUT2D eigenvalue weighted by Gasteiger charge is -2.29. The Kier molecular flexibility index (Phi) is 7.52. The minimum absolute atomic E-state index is 0.0856. The summed E-state index contributed by atoms with van der Waals surface area (Å²) in [6.07, 6.45) is 7.01. The lowest BCUT2D eigenvalue weighted by atomic mass is 9.86. The zero-order valence-electron chi connectivity index (χ0n) is 17.9. The third kappa shape index (κ3) is 5.40. The molecule has 1 saturated heterocycles. The molecule has 1 aromatic carbocycles. The molecule has 166 valence electrons. The van der Waals surface area contributed by atoms with E-state index >= 15 is 0 Å². The number of nitrogens with zero attached hydrogens (tertiary/aromatic N) is 1. The SMILES string of the molecule is Cc1ccc(S(=O)(=O)N2CCCCC2)cc1C(=O)OCC(=O)N[C@@H]1CCCC[C@H]1C. The van der Waals surface area contributed by atoms with Crippen molar-refractivity contribution in [3.8, 4) is 0 Å². The maximum absolute atomic E-state index is 12.9. The second-order valence-electron chi connectivity index (χ2n) is 8.45. The third-order valence-electron chi connectivity index (χ3n) is 6.17. The van der Waals surface area contributed by atoms with Crippen LogP contribution in [-0.4, -0.2) is 50.3 Å². The van der Waals surface area contributed by atoms with E-state index in [4.69, 9.17) is 4.74 Å². The van der Waals surface area contributed by atoms with Gasteiger partial charge >= 0.3 is 5.97 Å². The van der Waals surface area contributed by atoms with E-state index < -0.39 is 16.0 Å². The Balaban J connectivity index is 1.64. The van der Waals surface area contributed by atoms with Crippen LogP contribution >= 0.6 is 0 Å². The van der Waals surface area contributed by atoms with Crippen LogP contribution in [0.25, 0.3) is 0 Å². The highest BCUT2D eigenvalue weighted by Crippen LogP contribution is 2.24. The Morgan fingerprint density at radius 1 is 1.10 bits per heavy atom. The van der Waals surface area contributed by atoms with Gasteiger partial charge in [0.1, 0.15) is 0 Å². The molecule has 1 aromatic rings. The van der Waals surface area contributed by atoms with Crippen molar-refractivity contribution < 1.29 is 22.7 Å². The number of piperidine rings is 1. The van der Waals surface area contributed by atoms with E-state index in [0.29, 0.717) is 24.6 Å². The smallest absolute Gasteiger partial charge is 0.338 e. The number of sulfonamides is 1. The number of benzene rings is 1. The molecule has 1 aliphatic heterocycles. The van der Waals surface area contributed by atoms with Crippen molar-refractivity contribution in [3.05, 3.63) is 29.3 Å². The Morgan fingerprint density at radius 2 is 1.80 bits per heavy atom. The van der Waals surface area contributed by atoms with Crippen LogP contribution in [0.5, 0.6) is 0 Å². The van der Waals surface area contributed by atoms with Crippen LogP contribution in [0.4, 0.5) is 0 Å². The van der Waals surface area contributed by atoms with E-state index in [1.807, 2.05) is 0 Å². The molecular formula is C22H32N2O5S. The summed E-state index contributed by atoms with van der Waals surface area (Å²) in [5, 5.41) is 2.95. The van der Waals surface area contributed by atoms with Crippen LogP contribution in [0, 0.1) is 12.8 Å². The Bertz CT molecular complexity index is 878. The maximum atomic E-state index is 12.9. The number of ether oxygens (including phenoxy) is 1. The number of hydrogen-bond acceptors (Lipinski definition) is 5. The van der Waals surface area contributed by atoms with Crippen LogP contribution < -0.4 is 5.32 Å². The molecule has 2 atom stereocenters. The first-order valence-corrected chi connectivity index (χ1v) is 12.3. The fourth-order valence-corrected chi connectivity index (χ4v) is 5.77. The highest BCUT2D eigenvalue weighted by molar-refractivity contribution is 7.89.